The van der Waals surface area contributed by atoms with E-state index in [0.29, 0.717) is 20.9 Å². The van der Waals surface area contributed by atoms with Crippen LogP contribution in [0.4, 0.5) is 0 Å². The molecular formula is C18H18NOSe+. The van der Waals surface area contributed by atoms with E-state index in [9.17, 15) is 4.79 Å². The maximum atomic E-state index is 11.3. The Hall–Kier alpha value is -1.70. The molecule has 2 nitrogen and oxygen atoms in total. The third-order valence-electron chi connectivity index (χ3n) is 3.57. The molecule has 0 saturated heterocycles. The summed E-state index contributed by atoms with van der Waals surface area (Å²) in [6.07, 6.45) is 1.59. The number of carbonyl (C=O) groups is 1. The predicted octanol–water partition coefficient (Wildman–Crippen LogP) is 2.75. The number of nitrogens with zero attached hydrogens (tertiary/aromatic N) is 1. The number of para-hydroxylation sites is 1. The summed E-state index contributed by atoms with van der Waals surface area (Å²) in [5.74, 6) is 0.256. The molecule has 3 aromatic rings. The minimum absolute atomic E-state index is 0.256. The van der Waals surface area contributed by atoms with Gasteiger partial charge in [-0.15, -0.1) is 0 Å². The Morgan fingerprint density at radius 1 is 1.05 bits per heavy atom. The average Bonchev–Trinajstić information content (AvgIpc) is 2.83. The summed E-state index contributed by atoms with van der Waals surface area (Å²) < 4.78 is 5.25. The van der Waals surface area contributed by atoms with Crippen molar-refractivity contribution in [2.24, 2.45) is 0 Å². The van der Waals surface area contributed by atoms with Gasteiger partial charge < -0.3 is 0 Å². The summed E-state index contributed by atoms with van der Waals surface area (Å²) >= 11 is 0.364. The summed E-state index contributed by atoms with van der Waals surface area (Å²) in [5.41, 5.74) is 2.64. The molecule has 3 rings (SSSR count). The number of carbonyl (C=O) groups excluding carboxylic acids is 1. The number of Topliss-reactive ketones (excluding diaryl/α,β-unsaturated/α-hetero) is 1. The molecule has 3 heteroatoms. The molecule has 0 unspecified atom stereocenters. The van der Waals surface area contributed by atoms with Gasteiger partial charge >= 0.3 is 130 Å². The van der Waals surface area contributed by atoms with Gasteiger partial charge in [0.25, 0.3) is 0 Å². The topological polar surface area (TPSA) is 20.9 Å². The van der Waals surface area contributed by atoms with Gasteiger partial charge in [0, 0.05) is 0 Å². The number of aromatic nitrogens is 1. The van der Waals surface area contributed by atoms with E-state index in [-0.39, 0.29) is 5.78 Å². The third kappa shape index (κ3) is 3.31. The van der Waals surface area contributed by atoms with Crippen molar-refractivity contribution in [3.63, 3.8) is 0 Å². The molecule has 0 fully saturated rings. The first-order chi connectivity index (χ1) is 10.2. The molecule has 1 heterocycles. The van der Waals surface area contributed by atoms with E-state index < -0.39 is 0 Å². The minimum atomic E-state index is 0.256. The molecule has 0 saturated carbocycles. The van der Waals surface area contributed by atoms with Gasteiger partial charge in [-0.25, -0.2) is 0 Å². The van der Waals surface area contributed by atoms with Crippen LogP contribution in [0, 0.1) is 0 Å². The third-order valence-corrected chi connectivity index (χ3v) is 6.02. The van der Waals surface area contributed by atoms with E-state index in [2.05, 4.69) is 59.2 Å². The first-order valence-corrected chi connectivity index (χ1v) is 8.89. The molecule has 2 aromatic carbocycles. The van der Waals surface area contributed by atoms with Crippen LogP contribution in [-0.4, -0.2) is 20.3 Å². The van der Waals surface area contributed by atoms with Crippen molar-refractivity contribution in [3.8, 4) is 0 Å². The second-order valence-electron chi connectivity index (χ2n) is 5.23. The van der Waals surface area contributed by atoms with Gasteiger partial charge in [-0.3, -0.25) is 0 Å². The first-order valence-electron chi connectivity index (χ1n) is 7.17. The first kappa shape index (κ1) is 14.2. The number of benzene rings is 2. The molecule has 0 bridgehead atoms. The van der Waals surface area contributed by atoms with E-state index in [1.165, 1.54) is 19.9 Å². The van der Waals surface area contributed by atoms with E-state index in [1.807, 2.05) is 0 Å². The molecule has 0 radical (unpaired) electrons. The molecule has 0 N–H and O–H groups in total. The number of ketones is 1. The monoisotopic (exact) mass is 344 g/mol. The summed E-state index contributed by atoms with van der Waals surface area (Å²) in [4.78, 5) is 11.3. The van der Waals surface area contributed by atoms with Crippen molar-refractivity contribution in [2.45, 2.75) is 26.3 Å². The number of aryl methyl sites for hydroxylation is 1. The van der Waals surface area contributed by atoms with Crippen molar-refractivity contribution in [1.82, 2.24) is 0 Å². The average molecular weight is 343 g/mol. The van der Waals surface area contributed by atoms with E-state index in [4.69, 9.17) is 0 Å². The Bertz CT molecular complexity index is 761. The van der Waals surface area contributed by atoms with Gasteiger partial charge in [0.15, 0.2) is 0 Å². The van der Waals surface area contributed by atoms with Gasteiger partial charge in [-0.1, -0.05) is 0 Å². The Balaban J connectivity index is 1.99. The van der Waals surface area contributed by atoms with E-state index in [1.54, 1.807) is 6.92 Å². The standard InChI is InChI=1S/C18H18NOSe/c1-14(20)11-12-19-16-9-5-6-10-17(16)21-18(19)13-15-7-3-2-4-8-15/h2-10H,11-13H2,1H3/q+1. The van der Waals surface area contributed by atoms with Crippen LogP contribution < -0.4 is 4.57 Å². The molecule has 106 valence electrons. The van der Waals surface area contributed by atoms with Crippen LogP contribution in [0.5, 0.6) is 0 Å². The molecule has 0 amide bonds. The Kier molecular flexibility index (Phi) is 4.33. The normalized spacial score (nSPS) is 10.9. The molecule has 0 aliphatic carbocycles. The van der Waals surface area contributed by atoms with Crippen molar-refractivity contribution >= 4 is 30.1 Å². The number of hydrogen-bond donors (Lipinski definition) is 0. The zero-order valence-electron chi connectivity index (χ0n) is 12.1. The van der Waals surface area contributed by atoms with Crippen molar-refractivity contribution < 1.29 is 9.36 Å². The molecular weight excluding hydrogens is 325 g/mol. The zero-order chi connectivity index (χ0) is 14.7. The van der Waals surface area contributed by atoms with Gasteiger partial charge in [0.2, 0.25) is 0 Å². The van der Waals surface area contributed by atoms with Crippen LogP contribution >= 0.6 is 0 Å². The molecule has 0 aliphatic rings. The van der Waals surface area contributed by atoms with Crippen LogP contribution in [0.25, 0.3) is 9.78 Å². The van der Waals surface area contributed by atoms with Crippen molar-refractivity contribution in [3.05, 3.63) is 64.7 Å². The number of fused-ring (bicyclic) bond motifs is 1. The van der Waals surface area contributed by atoms with Gasteiger partial charge in [0.05, 0.1) is 0 Å². The summed E-state index contributed by atoms with van der Waals surface area (Å²) in [6.45, 7) is 2.47. The Labute approximate surface area is 130 Å². The second kappa shape index (κ2) is 6.38. The quantitative estimate of drug-likeness (QED) is 0.516. The van der Waals surface area contributed by atoms with Crippen LogP contribution in [0.3, 0.4) is 0 Å². The second-order valence-corrected chi connectivity index (χ2v) is 7.57. The molecule has 0 spiro atoms. The number of rotatable bonds is 5. The molecule has 1 aromatic heterocycles. The van der Waals surface area contributed by atoms with Crippen LogP contribution in [0.15, 0.2) is 54.6 Å². The molecule has 0 aliphatic heterocycles. The molecule has 0 atom stereocenters. The van der Waals surface area contributed by atoms with Crippen LogP contribution in [0.1, 0.15) is 23.5 Å². The van der Waals surface area contributed by atoms with Crippen LogP contribution in [-0.2, 0) is 17.8 Å². The summed E-state index contributed by atoms with van der Waals surface area (Å²) in [6, 6.07) is 19.2. The fourth-order valence-corrected chi connectivity index (χ4v) is 5.06. The molecule has 21 heavy (non-hydrogen) atoms. The van der Waals surface area contributed by atoms with E-state index >= 15 is 0 Å². The zero-order valence-corrected chi connectivity index (χ0v) is 13.8. The Morgan fingerprint density at radius 2 is 1.76 bits per heavy atom. The van der Waals surface area contributed by atoms with Crippen LogP contribution in [0.2, 0.25) is 0 Å². The van der Waals surface area contributed by atoms with Gasteiger partial charge in [0.1, 0.15) is 0 Å². The Morgan fingerprint density at radius 3 is 2.52 bits per heavy atom. The fourth-order valence-electron chi connectivity index (χ4n) is 2.50. The SMILES string of the molecule is CC(=O)CC[n+]1c(Cc2ccccc2)[se]c2ccccc21. The van der Waals surface area contributed by atoms with Crippen molar-refractivity contribution in [2.75, 3.05) is 0 Å². The predicted molar refractivity (Wildman–Crippen MR) is 85.6 cm³/mol. The fraction of sp³-hybridized carbons (Fsp3) is 0.222. The van der Waals surface area contributed by atoms with Crippen molar-refractivity contribution in [1.29, 1.82) is 0 Å². The van der Waals surface area contributed by atoms with Gasteiger partial charge in [-0.05, 0) is 0 Å². The number of hydrogen-bond acceptors (Lipinski definition) is 1. The maximum absolute atomic E-state index is 11.3. The van der Waals surface area contributed by atoms with Gasteiger partial charge in [-0.2, -0.15) is 0 Å². The van der Waals surface area contributed by atoms with E-state index in [0.717, 1.165) is 13.0 Å². The summed E-state index contributed by atoms with van der Waals surface area (Å²) in [7, 11) is 0. The summed E-state index contributed by atoms with van der Waals surface area (Å²) in [5, 5.41) is 0.